The Bertz CT molecular complexity index is 482. The Hall–Kier alpha value is -1.69. The molecule has 3 nitrogen and oxygen atoms in total. The number of rotatable bonds is 5. The monoisotopic (exact) mass is 274 g/mol. The van der Waals surface area contributed by atoms with Gasteiger partial charge in [-0.1, -0.05) is 12.7 Å². The van der Waals surface area contributed by atoms with Crippen LogP contribution in [0.1, 0.15) is 31.4 Å². The van der Waals surface area contributed by atoms with Crippen molar-refractivity contribution in [3.8, 4) is 0 Å². The third kappa shape index (κ3) is 3.64. The highest BCUT2D eigenvalue weighted by atomic mass is 19.3. The summed E-state index contributed by atoms with van der Waals surface area (Å²) in [4.78, 5) is 0. The molecule has 0 amide bonds. The van der Waals surface area contributed by atoms with E-state index in [4.69, 9.17) is 5.73 Å². The summed E-state index contributed by atoms with van der Waals surface area (Å²) in [5, 5.41) is 12.1. The quantitative estimate of drug-likeness (QED) is 0.723. The predicted molar refractivity (Wildman–Crippen MR) is 70.6 cm³/mol. The summed E-state index contributed by atoms with van der Waals surface area (Å²) in [6.07, 6.45) is -1.90. The molecule has 0 radical (unpaired) electrons. The van der Waals surface area contributed by atoms with Crippen molar-refractivity contribution in [1.82, 2.24) is 0 Å². The highest BCUT2D eigenvalue weighted by molar-refractivity contribution is 5.75. The van der Waals surface area contributed by atoms with Gasteiger partial charge in [-0.3, -0.25) is 0 Å². The predicted octanol–water partition coefficient (Wildman–Crippen LogP) is 3.17. The molecule has 0 bridgehead atoms. The molecule has 0 fully saturated rings. The number of halogens is 3. The van der Waals surface area contributed by atoms with Gasteiger partial charge in [-0.25, -0.2) is 13.2 Å². The Morgan fingerprint density at radius 3 is 2.53 bits per heavy atom. The summed E-state index contributed by atoms with van der Waals surface area (Å²) in [7, 11) is 0. The van der Waals surface area contributed by atoms with Crippen LogP contribution in [0.4, 0.5) is 24.5 Å². The maximum absolute atomic E-state index is 13.9. The Kier molecular flexibility index (Phi) is 4.47. The summed E-state index contributed by atoms with van der Waals surface area (Å²) in [6, 6.07) is 1.22. The second kappa shape index (κ2) is 5.52. The van der Waals surface area contributed by atoms with Crippen LogP contribution in [0.2, 0.25) is 0 Å². The third-order valence-corrected chi connectivity index (χ3v) is 2.49. The van der Waals surface area contributed by atoms with Gasteiger partial charge < -0.3 is 16.2 Å². The van der Waals surface area contributed by atoms with Gasteiger partial charge in [0.15, 0.2) is 0 Å². The van der Waals surface area contributed by atoms with E-state index >= 15 is 0 Å². The molecule has 0 unspecified atom stereocenters. The van der Waals surface area contributed by atoms with Crippen molar-refractivity contribution < 1.29 is 18.3 Å². The van der Waals surface area contributed by atoms with Gasteiger partial charge in [0.1, 0.15) is 5.82 Å². The first kappa shape index (κ1) is 15.4. The van der Waals surface area contributed by atoms with E-state index in [1.54, 1.807) is 0 Å². The lowest BCUT2D eigenvalue weighted by Crippen LogP contribution is -2.30. The first-order chi connectivity index (χ1) is 8.67. The molecule has 6 heteroatoms. The van der Waals surface area contributed by atoms with E-state index in [1.165, 1.54) is 19.9 Å². The molecule has 0 atom stereocenters. The Morgan fingerprint density at radius 2 is 2.11 bits per heavy atom. The number of alkyl halides is 2. The van der Waals surface area contributed by atoms with Gasteiger partial charge in [0.05, 0.1) is 22.5 Å². The van der Waals surface area contributed by atoms with E-state index in [9.17, 15) is 18.3 Å². The molecule has 0 saturated carbocycles. The minimum atomic E-state index is -3.02. The van der Waals surface area contributed by atoms with E-state index in [0.717, 1.165) is 6.08 Å². The van der Waals surface area contributed by atoms with Crippen LogP contribution >= 0.6 is 0 Å². The number of anilines is 2. The van der Waals surface area contributed by atoms with E-state index in [-0.39, 0.29) is 23.5 Å². The standard InChI is InChI=1S/C13H17F3N2O/c1-4-7-5-8(17)11(18-6-13(2,3)19)9(10(7)14)12(15)16/h4-5,12,18-19H,1,6,17H2,2-3H3. The van der Waals surface area contributed by atoms with Gasteiger partial charge in [0, 0.05) is 12.1 Å². The number of hydrogen-bond acceptors (Lipinski definition) is 3. The topological polar surface area (TPSA) is 58.3 Å². The SMILES string of the molecule is C=Cc1cc(N)c(NCC(C)(C)O)c(C(F)F)c1F. The fraction of sp³-hybridized carbons (Fsp3) is 0.385. The lowest BCUT2D eigenvalue weighted by molar-refractivity contribution is 0.0942. The zero-order chi connectivity index (χ0) is 14.8. The molecular formula is C13H17F3N2O. The molecule has 0 aliphatic rings. The fourth-order valence-corrected chi connectivity index (χ4v) is 1.58. The average molecular weight is 274 g/mol. The van der Waals surface area contributed by atoms with Crippen molar-refractivity contribution in [2.45, 2.75) is 25.9 Å². The highest BCUT2D eigenvalue weighted by Gasteiger charge is 2.24. The molecule has 0 saturated heterocycles. The molecule has 0 aliphatic heterocycles. The molecule has 0 spiro atoms. The minimum Gasteiger partial charge on any atom is -0.397 e. The highest BCUT2D eigenvalue weighted by Crippen LogP contribution is 2.36. The van der Waals surface area contributed by atoms with Gasteiger partial charge >= 0.3 is 0 Å². The molecule has 0 heterocycles. The molecule has 19 heavy (non-hydrogen) atoms. The molecule has 0 aliphatic carbocycles. The molecule has 1 rings (SSSR count). The van der Waals surface area contributed by atoms with E-state index in [0.29, 0.717) is 0 Å². The Balaban J connectivity index is 3.29. The minimum absolute atomic E-state index is 0.0177. The van der Waals surface area contributed by atoms with Gasteiger partial charge in [0.25, 0.3) is 6.43 Å². The second-order valence-corrected chi connectivity index (χ2v) is 4.83. The average Bonchev–Trinajstić information content (AvgIpc) is 2.27. The van der Waals surface area contributed by atoms with Crippen LogP contribution < -0.4 is 11.1 Å². The molecular weight excluding hydrogens is 257 g/mol. The molecule has 4 N–H and O–H groups in total. The van der Waals surface area contributed by atoms with Crippen LogP contribution in [0, 0.1) is 5.82 Å². The summed E-state index contributed by atoms with van der Waals surface area (Å²) < 4.78 is 39.8. The first-order valence-electron chi connectivity index (χ1n) is 5.66. The molecule has 1 aromatic rings. The molecule has 106 valence electrons. The fourth-order valence-electron chi connectivity index (χ4n) is 1.58. The largest absolute Gasteiger partial charge is 0.397 e. The Labute approximate surface area is 109 Å². The van der Waals surface area contributed by atoms with Crippen molar-refractivity contribution in [2.24, 2.45) is 0 Å². The summed E-state index contributed by atoms with van der Waals surface area (Å²) in [5.74, 6) is -1.06. The van der Waals surface area contributed by atoms with E-state index in [2.05, 4.69) is 11.9 Å². The number of nitrogen functional groups attached to an aromatic ring is 1. The van der Waals surface area contributed by atoms with Gasteiger partial charge in [-0.15, -0.1) is 0 Å². The number of benzene rings is 1. The van der Waals surface area contributed by atoms with Gasteiger partial charge in [0.2, 0.25) is 0 Å². The maximum atomic E-state index is 13.9. The van der Waals surface area contributed by atoms with Crippen molar-refractivity contribution in [2.75, 3.05) is 17.6 Å². The van der Waals surface area contributed by atoms with Crippen LogP contribution in [0.5, 0.6) is 0 Å². The Morgan fingerprint density at radius 1 is 1.53 bits per heavy atom. The number of hydrogen-bond donors (Lipinski definition) is 3. The third-order valence-electron chi connectivity index (χ3n) is 2.49. The zero-order valence-corrected chi connectivity index (χ0v) is 10.8. The van der Waals surface area contributed by atoms with Crippen molar-refractivity contribution in [3.63, 3.8) is 0 Å². The van der Waals surface area contributed by atoms with E-state index < -0.39 is 23.4 Å². The molecule has 1 aromatic carbocycles. The summed E-state index contributed by atoms with van der Waals surface area (Å²) >= 11 is 0. The normalized spacial score (nSPS) is 11.7. The van der Waals surface area contributed by atoms with Gasteiger partial charge in [-0.2, -0.15) is 0 Å². The maximum Gasteiger partial charge on any atom is 0.268 e. The number of nitrogens with one attached hydrogen (secondary N) is 1. The number of aliphatic hydroxyl groups is 1. The first-order valence-corrected chi connectivity index (χ1v) is 5.66. The number of nitrogens with two attached hydrogens (primary N) is 1. The lowest BCUT2D eigenvalue weighted by Gasteiger charge is -2.22. The van der Waals surface area contributed by atoms with Crippen molar-refractivity contribution >= 4 is 17.5 Å². The summed E-state index contributed by atoms with van der Waals surface area (Å²) in [6.45, 7) is 6.29. The van der Waals surface area contributed by atoms with Crippen molar-refractivity contribution in [1.29, 1.82) is 0 Å². The van der Waals surface area contributed by atoms with Crippen LogP contribution in [0.25, 0.3) is 6.08 Å². The van der Waals surface area contributed by atoms with Crippen LogP contribution in [-0.4, -0.2) is 17.3 Å². The van der Waals surface area contributed by atoms with Crippen molar-refractivity contribution in [3.05, 3.63) is 29.6 Å². The smallest absolute Gasteiger partial charge is 0.268 e. The summed E-state index contributed by atoms with van der Waals surface area (Å²) in [5.41, 5.74) is 3.40. The van der Waals surface area contributed by atoms with Crippen LogP contribution in [0.15, 0.2) is 12.6 Å². The van der Waals surface area contributed by atoms with E-state index in [1.807, 2.05) is 0 Å². The second-order valence-electron chi connectivity index (χ2n) is 4.83. The lowest BCUT2D eigenvalue weighted by atomic mass is 10.0. The molecule has 0 aromatic heterocycles. The van der Waals surface area contributed by atoms with Crippen LogP contribution in [-0.2, 0) is 0 Å². The zero-order valence-electron chi connectivity index (χ0n) is 10.8. The van der Waals surface area contributed by atoms with Crippen LogP contribution in [0.3, 0.4) is 0 Å². The van der Waals surface area contributed by atoms with Gasteiger partial charge in [-0.05, 0) is 19.9 Å².